The highest BCUT2D eigenvalue weighted by atomic mass is 16.5. The molecule has 0 aliphatic carbocycles. The van der Waals surface area contributed by atoms with Gasteiger partial charge in [0.1, 0.15) is 34.2 Å². The molecule has 162 valence electrons. The Kier molecular flexibility index (Phi) is 5.17. The molecular weight excluding hydrogens is 396 g/mol. The molecule has 0 saturated carbocycles. The number of rotatable bonds is 5. The molecule has 0 fully saturated rings. The number of allylic oxidation sites excluding steroid dienone is 2. The van der Waals surface area contributed by atoms with E-state index in [1.807, 2.05) is 26.8 Å². The van der Waals surface area contributed by atoms with Gasteiger partial charge in [-0.15, -0.1) is 0 Å². The molecule has 3 aromatic rings. The zero-order valence-corrected chi connectivity index (χ0v) is 18.4. The van der Waals surface area contributed by atoms with Crippen molar-refractivity contribution >= 4 is 21.9 Å². The van der Waals surface area contributed by atoms with E-state index in [1.54, 1.807) is 12.1 Å². The second kappa shape index (κ2) is 7.69. The maximum Gasteiger partial charge on any atom is 0.204 e. The monoisotopic (exact) mass is 422 g/mol. The number of ether oxygens (including phenoxy) is 3. The predicted molar refractivity (Wildman–Crippen MR) is 121 cm³/mol. The van der Waals surface area contributed by atoms with Crippen molar-refractivity contribution in [3.8, 4) is 23.0 Å². The second-order valence-electron chi connectivity index (χ2n) is 8.11. The molecule has 1 atom stereocenters. The normalized spacial score (nSPS) is 14.9. The fourth-order valence-electron chi connectivity index (χ4n) is 4.04. The van der Waals surface area contributed by atoms with Crippen LogP contribution in [0.1, 0.15) is 31.9 Å². The van der Waals surface area contributed by atoms with Gasteiger partial charge in [0, 0.05) is 29.7 Å². The van der Waals surface area contributed by atoms with Crippen LogP contribution in [0.2, 0.25) is 0 Å². The third kappa shape index (κ3) is 3.32. The summed E-state index contributed by atoms with van der Waals surface area (Å²) >= 11 is 0. The number of methoxy groups -OCH3 is 2. The minimum absolute atomic E-state index is 0.102. The van der Waals surface area contributed by atoms with Crippen LogP contribution < -0.4 is 19.6 Å². The Hall–Kier alpha value is -3.41. The van der Waals surface area contributed by atoms with Crippen molar-refractivity contribution in [2.75, 3.05) is 14.2 Å². The molecule has 4 rings (SSSR count). The Balaban J connectivity index is 2.09. The van der Waals surface area contributed by atoms with E-state index in [0.29, 0.717) is 52.2 Å². The van der Waals surface area contributed by atoms with Gasteiger partial charge in [0.2, 0.25) is 5.43 Å². The van der Waals surface area contributed by atoms with Gasteiger partial charge >= 0.3 is 0 Å². The van der Waals surface area contributed by atoms with Crippen molar-refractivity contribution in [2.24, 2.45) is 0 Å². The van der Waals surface area contributed by atoms with Gasteiger partial charge in [-0.2, -0.15) is 0 Å². The summed E-state index contributed by atoms with van der Waals surface area (Å²) in [7, 11) is 3.08. The third-order valence-corrected chi connectivity index (χ3v) is 5.66. The van der Waals surface area contributed by atoms with Gasteiger partial charge in [0.05, 0.1) is 19.6 Å². The van der Waals surface area contributed by atoms with Crippen LogP contribution in [0.3, 0.4) is 0 Å². The first-order chi connectivity index (χ1) is 14.8. The first-order valence-corrected chi connectivity index (χ1v) is 10.1. The van der Waals surface area contributed by atoms with Gasteiger partial charge in [0.15, 0.2) is 11.5 Å². The molecule has 0 saturated heterocycles. The highest BCUT2D eigenvalue weighted by Gasteiger charge is 2.30. The first kappa shape index (κ1) is 20.8. The number of phenols is 1. The van der Waals surface area contributed by atoms with Crippen LogP contribution in [0.4, 0.5) is 0 Å². The highest BCUT2D eigenvalue weighted by Crippen LogP contribution is 2.44. The van der Waals surface area contributed by atoms with E-state index in [1.165, 1.54) is 14.2 Å². The molecule has 0 radical (unpaired) electrons. The highest BCUT2D eigenvalue weighted by molar-refractivity contribution is 5.98. The van der Waals surface area contributed by atoms with E-state index in [0.717, 1.165) is 11.1 Å². The topological polar surface area (TPSA) is 78.1 Å². The van der Waals surface area contributed by atoms with Crippen LogP contribution in [-0.4, -0.2) is 25.4 Å². The maximum absolute atomic E-state index is 13.7. The lowest BCUT2D eigenvalue weighted by molar-refractivity contribution is 0.271. The molecule has 0 amide bonds. The van der Waals surface area contributed by atoms with Crippen LogP contribution in [-0.2, 0) is 12.8 Å². The Bertz CT molecular complexity index is 1310. The molecule has 6 heteroatoms. The Morgan fingerprint density at radius 2 is 1.90 bits per heavy atom. The fraction of sp³-hybridized carbons (Fsp3) is 0.320. The molecule has 2 heterocycles. The minimum Gasteiger partial charge on any atom is -0.507 e. The molecule has 1 aliphatic heterocycles. The number of phenolic OH excluding ortho intramolecular Hbond substituents is 1. The average molecular weight is 422 g/mol. The smallest absolute Gasteiger partial charge is 0.204 e. The number of benzene rings is 2. The van der Waals surface area contributed by atoms with Crippen molar-refractivity contribution < 1.29 is 23.7 Å². The number of fused-ring (bicyclic) bond motifs is 3. The lowest BCUT2D eigenvalue weighted by atomic mass is 9.98. The number of hydrogen-bond donors (Lipinski definition) is 1. The zero-order valence-electron chi connectivity index (χ0n) is 18.4. The van der Waals surface area contributed by atoms with Crippen LogP contribution in [0.15, 0.2) is 45.1 Å². The van der Waals surface area contributed by atoms with E-state index < -0.39 is 0 Å². The molecule has 0 bridgehead atoms. The fourth-order valence-corrected chi connectivity index (χ4v) is 4.04. The summed E-state index contributed by atoms with van der Waals surface area (Å²) in [5, 5.41) is 11.5. The van der Waals surface area contributed by atoms with Gasteiger partial charge < -0.3 is 23.7 Å². The van der Waals surface area contributed by atoms with Gasteiger partial charge in [-0.1, -0.05) is 18.2 Å². The first-order valence-electron chi connectivity index (χ1n) is 10.1. The largest absolute Gasteiger partial charge is 0.507 e. The quantitative estimate of drug-likeness (QED) is 0.458. The zero-order chi connectivity index (χ0) is 22.4. The summed E-state index contributed by atoms with van der Waals surface area (Å²) < 4.78 is 23.1. The van der Waals surface area contributed by atoms with Crippen molar-refractivity contribution in [3.63, 3.8) is 0 Å². The van der Waals surface area contributed by atoms with Gasteiger partial charge in [-0.3, -0.25) is 4.79 Å². The van der Waals surface area contributed by atoms with E-state index in [9.17, 15) is 9.90 Å². The lowest BCUT2D eigenvalue weighted by Crippen LogP contribution is -2.13. The van der Waals surface area contributed by atoms with Crippen molar-refractivity contribution in [2.45, 2.75) is 39.7 Å². The summed E-state index contributed by atoms with van der Waals surface area (Å²) in [6, 6.07) is 3.31. The molecule has 6 nitrogen and oxygen atoms in total. The average Bonchev–Trinajstić information content (AvgIpc) is 3.15. The molecule has 1 aliphatic rings. The van der Waals surface area contributed by atoms with E-state index in [2.05, 4.69) is 6.58 Å². The molecule has 2 aromatic carbocycles. The molecule has 1 aromatic heterocycles. The summed E-state index contributed by atoms with van der Waals surface area (Å²) in [4.78, 5) is 13.7. The standard InChI is InChI=1S/C25H26O6/c1-12(2)7-8-14-21-18(11-20(28-5)25(14)29-6)31-19-10-17-15(9-16(30-17)13(3)4)23(26)22(19)24(21)27/h7,10-11,16,26H,3,8-9H2,1-2,4-6H3. The number of hydrogen-bond acceptors (Lipinski definition) is 6. The van der Waals surface area contributed by atoms with Crippen LogP contribution in [0, 0.1) is 0 Å². The SMILES string of the molecule is C=C(C)C1Cc2c(cc3oc4cc(OC)c(OC)c(CC=C(C)C)c4c(=O)c3c2O)O1. The van der Waals surface area contributed by atoms with E-state index in [4.69, 9.17) is 18.6 Å². The predicted octanol–water partition coefficient (Wildman–Crippen LogP) is 5.06. The van der Waals surface area contributed by atoms with Crippen molar-refractivity contribution in [1.29, 1.82) is 0 Å². The summed E-state index contributed by atoms with van der Waals surface area (Å²) in [6.07, 6.45) is 2.69. The van der Waals surface area contributed by atoms with E-state index in [-0.39, 0.29) is 28.3 Å². The Morgan fingerprint density at radius 3 is 2.52 bits per heavy atom. The van der Waals surface area contributed by atoms with Gasteiger partial charge in [0.25, 0.3) is 0 Å². The van der Waals surface area contributed by atoms with Gasteiger partial charge in [-0.05, 0) is 32.8 Å². The Morgan fingerprint density at radius 1 is 1.19 bits per heavy atom. The summed E-state index contributed by atoms with van der Waals surface area (Å²) in [5.41, 5.74) is 3.52. The number of aromatic hydroxyl groups is 1. The molecule has 31 heavy (non-hydrogen) atoms. The maximum atomic E-state index is 13.7. The summed E-state index contributed by atoms with van der Waals surface area (Å²) in [6.45, 7) is 9.79. The second-order valence-corrected chi connectivity index (χ2v) is 8.11. The molecule has 1 N–H and O–H groups in total. The van der Waals surface area contributed by atoms with Crippen molar-refractivity contribution in [3.05, 3.63) is 57.3 Å². The third-order valence-electron chi connectivity index (χ3n) is 5.66. The van der Waals surface area contributed by atoms with E-state index >= 15 is 0 Å². The minimum atomic E-state index is -0.312. The van der Waals surface area contributed by atoms with Crippen LogP contribution in [0.25, 0.3) is 21.9 Å². The molecule has 1 unspecified atom stereocenters. The van der Waals surface area contributed by atoms with Gasteiger partial charge in [-0.25, -0.2) is 0 Å². The van der Waals surface area contributed by atoms with Crippen molar-refractivity contribution in [1.82, 2.24) is 0 Å². The van der Waals surface area contributed by atoms with Crippen LogP contribution in [0.5, 0.6) is 23.0 Å². The molecular formula is C25H26O6. The molecule has 0 spiro atoms. The van der Waals surface area contributed by atoms with Crippen LogP contribution >= 0.6 is 0 Å². The lowest BCUT2D eigenvalue weighted by Gasteiger charge is -2.15. The Labute approximate surface area is 180 Å². The summed E-state index contributed by atoms with van der Waals surface area (Å²) in [5.74, 6) is 1.35.